The lowest BCUT2D eigenvalue weighted by Gasteiger charge is -2.31. The van der Waals surface area contributed by atoms with E-state index >= 15 is 0 Å². The van der Waals surface area contributed by atoms with Crippen molar-refractivity contribution in [3.63, 3.8) is 0 Å². The summed E-state index contributed by atoms with van der Waals surface area (Å²) in [5, 5.41) is 19.0. The summed E-state index contributed by atoms with van der Waals surface area (Å²) in [6, 6.07) is 25.3. The second-order valence-corrected chi connectivity index (χ2v) is 14.5. The van der Waals surface area contributed by atoms with Crippen molar-refractivity contribution in [2.75, 3.05) is 13.7 Å². The van der Waals surface area contributed by atoms with Gasteiger partial charge in [0.2, 0.25) is 5.91 Å². The summed E-state index contributed by atoms with van der Waals surface area (Å²) in [7, 11) is 1.63. The molecule has 0 radical (unpaired) electrons. The van der Waals surface area contributed by atoms with E-state index in [4.69, 9.17) is 9.47 Å². The quantitative estimate of drug-likeness (QED) is 0.125. The number of nitrogens with one attached hydrogen (secondary N) is 3. The van der Waals surface area contributed by atoms with Crippen LogP contribution >= 0.6 is 11.8 Å². The average molecular weight is 678 g/mol. The fourth-order valence-electron chi connectivity index (χ4n) is 5.18. The molecule has 0 saturated heterocycles. The van der Waals surface area contributed by atoms with E-state index in [1.165, 1.54) is 0 Å². The molecule has 3 rings (SSSR count). The van der Waals surface area contributed by atoms with Gasteiger partial charge in [-0.15, -0.1) is 0 Å². The molecular weight excluding hydrogens is 627 g/mol. The van der Waals surface area contributed by atoms with E-state index in [-0.39, 0.29) is 23.1 Å². The van der Waals surface area contributed by atoms with Gasteiger partial charge in [0, 0.05) is 23.6 Å². The number of carbonyl (C=O) groups is 3. The number of amides is 2. The Kier molecular flexibility index (Phi) is 15.3. The van der Waals surface area contributed by atoms with E-state index in [1.54, 1.807) is 18.9 Å². The predicted molar refractivity (Wildman–Crippen MR) is 192 cm³/mol. The standard InChI is InChI=1S/C38H51N3O6S/c1-26(2)21-33(36(43)44)40-35(42)32(23-28-15-11-8-12-16-28)39-24-34(48-25-29-17-19-30(46-6)20-18-29)31(22-27-13-9-7-10-14-27)41-37(45)47-38(3,4)5/h7-20,26,31-34,39H,21-25H2,1-6H3,(H,40,42)(H,41,45)(H,43,44)/t31-,32-,33-,34?/m0/s1. The Balaban J connectivity index is 1.93. The molecule has 0 aliphatic carbocycles. The Morgan fingerprint density at radius 2 is 1.38 bits per heavy atom. The van der Waals surface area contributed by atoms with Crippen LogP contribution in [0.1, 0.15) is 57.7 Å². The molecule has 0 aromatic heterocycles. The minimum atomic E-state index is -1.06. The Bertz CT molecular complexity index is 1410. The maximum absolute atomic E-state index is 13.7. The first-order valence-electron chi connectivity index (χ1n) is 16.4. The van der Waals surface area contributed by atoms with Gasteiger partial charge in [0.15, 0.2) is 0 Å². The van der Waals surface area contributed by atoms with Crippen LogP contribution in [0, 0.1) is 5.92 Å². The monoisotopic (exact) mass is 677 g/mol. The van der Waals surface area contributed by atoms with Crippen molar-refractivity contribution >= 4 is 29.7 Å². The van der Waals surface area contributed by atoms with Crippen molar-refractivity contribution in [3.05, 3.63) is 102 Å². The molecule has 9 nitrogen and oxygen atoms in total. The molecule has 1 unspecified atom stereocenters. The minimum Gasteiger partial charge on any atom is -0.497 e. The van der Waals surface area contributed by atoms with Crippen molar-refractivity contribution < 1.29 is 29.0 Å². The molecule has 0 bridgehead atoms. The smallest absolute Gasteiger partial charge is 0.407 e. The Morgan fingerprint density at radius 3 is 1.90 bits per heavy atom. The van der Waals surface area contributed by atoms with Gasteiger partial charge in [0.05, 0.1) is 13.2 Å². The van der Waals surface area contributed by atoms with Gasteiger partial charge in [-0.1, -0.05) is 86.6 Å². The zero-order valence-electron chi connectivity index (χ0n) is 28.9. The van der Waals surface area contributed by atoms with E-state index in [1.807, 2.05) is 120 Å². The van der Waals surface area contributed by atoms with Gasteiger partial charge < -0.3 is 30.5 Å². The van der Waals surface area contributed by atoms with Crippen LogP contribution in [0.5, 0.6) is 5.75 Å². The van der Waals surface area contributed by atoms with Crippen LogP contribution in [0.3, 0.4) is 0 Å². The van der Waals surface area contributed by atoms with E-state index in [9.17, 15) is 19.5 Å². The van der Waals surface area contributed by atoms with Crippen LogP contribution in [0.4, 0.5) is 4.79 Å². The largest absolute Gasteiger partial charge is 0.497 e. The van der Waals surface area contributed by atoms with Crippen molar-refractivity contribution in [1.82, 2.24) is 16.0 Å². The lowest BCUT2D eigenvalue weighted by molar-refractivity contribution is -0.142. The average Bonchev–Trinajstić information content (AvgIpc) is 3.03. The minimum absolute atomic E-state index is 0.0864. The second-order valence-electron chi connectivity index (χ2n) is 13.3. The number of ether oxygens (including phenoxy) is 2. The van der Waals surface area contributed by atoms with Crippen LogP contribution in [-0.4, -0.2) is 65.7 Å². The van der Waals surface area contributed by atoms with Crippen LogP contribution < -0.4 is 20.7 Å². The van der Waals surface area contributed by atoms with Gasteiger partial charge in [-0.25, -0.2) is 9.59 Å². The summed E-state index contributed by atoms with van der Waals surface area (Å²) < 4.78 is 11.0. The molecule has 48 heavy (non-hydrogen) atoms. The number of hydrogen-bond donors (Lipinski definition) is 4. The SMILES string of the molecule is COc1ccc(CSC(CN[C@@H](Cc2ccccc2)C(=O)N[C@@H](CC(C)C)C(=O)O)[C@H](Cc2ccccc2)NC(=O)OC(C)(C)C)cc1. The third-order valence-electron chi connectivity index (χ3n) is 7.56. The molecule has 0 spiro atoms. The number of alkyl carbamates (subject to hydrolysis) is 1. The number of methoxy groups -OCH3 is 1. The molecule has 0 saturated carbocycles. The lowest BCUT2D eigenvalue weighted by atomic mass is 10.0. The topological polar surface area (TPSA) is 126 Å². The molecule has 10 heteroatoms. The Morgan fingerprint density at radius 1 is 0.792 bits per heavy atom. The molecule has 3 aromatic carbocycles. The summed E-state index contributed by atoms with van der Waals surface area (Å²) in [5.41, 5.74) is 2.39. The number of carbonyl (C=O) groups excluding carboxylic acids is 2. The van der Waals surface area contributed by atoms with Gasteiger partial charge >= 0.3 is 12.1 Å². The number of hydrogen-bond acceptors (Lipinski definition) is 7. The number of aliphatic carboxylic acids is 1. The first kappa shape index (κ1) is 38.4. The normalized spacial score (nSPS) is 14.0. The number of benzene rings is 3. The third kappa shape index (κ3) is 14.0. The highest BCUT2D eigenvalue weighted by atomic mass is 32.2. The maximum atomic E-state index is 13.7. The Hall–Kier alpha value is -4.02. The fourth-order valence-corrected chi connectivity index (χ4v) is 6.39. The zero-order chi connectivity index (χ0) is 35.1. The van der Waals surface area contributed by atoms with Gasteiger partial charge in [0.1, 0.15) is 17.4 Å². The molecule has 260 valence electrons. The fraction of sp³-hybridized carbons (Fsp3) is 0.447. The van der Waals surface area contributed by atoms with Gasteiger partial charge in [-0.2, -0.15) is 11.8 Å². The van der Waals surface area contributed by atoms with Crippen LogP contribution in [0.15, 0.2) is 84.9 Å². The highest BCUT2D eigenvalue weighted by molar-refractivity contribution is 7.99. The van der Waals surface area contributed by atoms with Crippen molar-refractivity contribution in [2.45, 2.75) is 88.6 Å². The van der Waals surface area contributed by atoms with E-state index < -0.39 is 29.7 Å². The molecule has 0 aliphatic heterocycles. The van der Waals surface area contributed by atoms with Gasteiger partial charge in [-0.05, 0) is 74.8 Å². The molecule has 3 aromatic rings. The molecule has 0 fully saturated rings. The van der Waals surface area contributed by atoms with E-state index in [2.05, 4.69) is 16.0 Å². The molecule has 4 N–H and O–H groups in total. The number of carboxylic acid groups (broad SMARTS) is 1. The maximum Gasteiger partial charge on any atom is 0.407 e. The molecule has 2 amide bonds. The summed E-state index contributed by atoms with van der Waals surface area (Å²) in [4.78, 5) is 39.0. The Labute approximate surface area is 289 Å². The van der Waals surface area contributed by atoms with Crippen LogP contribution in [0.25, 0.3) is 0 Å². The van der Waals surface area contributed by atoms with Crippen molar-refractivity contribution in [1.29, 1.82) is 0 Å². The number of carboxylic acids is 1. The number of thioether (sulfide) groups is 1. The first-order valence-corrected chi connectivity index (χ1v) is 17.5. The lowest BCUT2D eigenvalue weighted by Crippen LogP contribution is -2.54. The first-order chi connectivity index (χ1) is 22.8. The summed E-state index contributed by atoms with van der Waals surface area (Å²) in [6.07, 6.45) is 0.695. The molecule has 4 atom stereocenters. The zero-order valence-corrected chi connectivity index (χ0v) is 29.7. The third-order valence-corrected chi connectivity index (χ3v) is 8.98. The van der Waals surface area contributed by atoms with Crippen molar-refractivity contribution in [3.8, 4) is 5.75 Å². The predicted octanol–water partition coefficient (Wildman–Crippen LogP) is 6.25. The summed E-state index contributed by atoms with van der Waals surface area (Å²) in [6.45, 7) is 9.68. The highest BCUT2D eigenvalue weighted by Crippen LogP contribution is 2.25. The van der Waals surface area contributed by atoms with Gasteiger partial charge in [0.25, 0.3) is 0 Å². The highest BCUT2D eigenvalue weighted by Gasteiger charge is 2.30. The molecule has 0 heterocycles. The van der Waals surface area contributed by atoms with Gasteiger partial charge in [-0.3, -0.25) is 4.79 Å². The van der Waals surface area contributed by atoms with Crippen LogP contribution in [-0.2, 0) is 32.9 Å². The van der Waals surface area contributed by atoms with Crippen LogP contribution in [0.2, 0.25) is 0 Å². The van der Waals surface area contributed by atoms with E-state index in [0.29, 0.717) is 31.6 Å². The van der Waals surface area contributed by atoms with E-state index in [0.717, 1.165) is 22.4 Å². The summed E-state index contributed by atoms with van der Waals surface area (Å²) in [5.74, 6) is 0.0482. The molecule has 0 aliphatic rings. The number of rotatable bonds is 18. The molecular formula is C38H51N3O6S. The summed E-state index contributed by atoms with van der Waals surface area (Å²) >= 11 is 1.66. The van der Waals surface area contributed by atoms with Crippen molar-refractivity contribution in [2.24, 2.45) is 5.92 Å². The second kappa shape index (κ2) is 19.1.